The molecule has 234 valence electrons. The van der Waals surface area contributed by atoms with Gasteiger partial charge in [0, 0.05) is 67.2 Å². The van der Waals surface area contributed by atoms with Gasteiger partial charge in [0.1, 0.15) is 29.2 Å². The Morgan fingerprint density at radius 2 is 1.86 bits per heavy atom. The number of hydrogen-bond donors (Lipinski definition) is 3. The molecule has 1 saturated heterocycles. The van der Waals surface area contributed by atoms with E-state index in [1.807, 2.05) is 25.2 Å². The number of hydrogen-bond acceptors (Lipinski definition) is 8. The van der Waals surface area contributed by atoms with Crippen LogP contribution in [0.4, 0.5) is 30.4 Å². The average molecular weight is 613 g/mol. The van der Waals surface area contributed by atoms with Crippen molar-refractivity contribution in [2.75, 3.05) is 55.8 Å². The number of nitrogens with one attached hydrogen (secondary N) is 2. The average Bonchev–Trinajstić information content (AvgIpc) is 3.70. The van der Waals surface area contributed by atoms with Gasteiger partial charge in [-0.25, -0.2) is 4.98 Å². The molecule has 3 aromatic rings. The van der Waals surface area contributed by atoms with Gasteiger partial charge in [0.15, 0.2) is 0 Å². The molecule has 1 aliphatic carbocycles. The highest BCUT2D eigenvalue weighted by atomic mass is 19.4. The number of amides is 2. The third-order valence-electron chi connectivity index (χ3n) is 7.86. The smallest absolute Gasteiger partial charge is 0.418 e. The number of piperazine rings is 1. The third kappa shape index (κ3) is 6.89. The summed E-state index contributed by atoms with van der Waals surface area (Å²) >= 11 is 0. The number of anilines is 3. The lowest BCUT2D eigenvalue weighted by Gasteiger charge is -2.35. The number of alkyl halides is 3. The Balaban J connectivity index is 0.000000166. The van der Waals surface area contributed by atoms with Crippen LogP contribution in [0.5, 0.6) is 17.2 Å². The SMILES string of the molecule is CN.CN1CCN(c2ccc(NC=O)cc2C(F)(F)F)CC1.O=C1CCc2c(Oc3ccc4c(c3)C3CC3O4)ccnc2N1. The van der Waals surface area contributed by atoms with Crippen molar-refractivity contribution in [3.63, 3.8) is 0 Å². The summed E-state index contributed by atoms with van der Waals surface area (Å²) in [6.45, 7) is 2.57. The van der Waals surface area contributed by atoms with E-state index in [4.69, 9.17) is 9.47 Å². The van der Waals surface area contributed by atoms with E-state index in [9.17, 15) is 22.8 Å². The van der Waals surface area contributed by atoms with Crippen LogP contribution in [-0.2, 0) is 22.2 Å². The van der Waals surface area contributed by atoms with Crippen LogP contribution in [-0.4, -0.2) is 68.6 Å². The Morgan fingerprint density at radius 3 is 2.59 bits per heavy atom. The van der Waals surface area contributed by atoms with Gasteiger partial charge in [-0.3, -0.25) is 9.59 Å². The molecule has 44 heavy (non-hydrogen) atoms. The summed E-state index contributed by atoms with van der Waals surface area (Å²) in [5, 5.41) is 5.04. The minimum absolute atomic E-state index is 0.00612. The van der Waals surface area contributed by atoms with Crippen molar-refractivity contribution in [2.45, 2.75) is 37.5 Å². The standard InChI is InChI=1S/C17H14N2O3.C13H16F3N3O.CH5N/c20-16-4-2-10-14(5-6-18-17(10)19-16)21-9-1-3-13-11(7-9)12-8-15(12)22-13;1-18-4-6-19(7-5-18)12-3-2-10(17-9-20)8-11(12)13(14,15)16;1-2/h1,3,5-7,12,15H,2,4,8H2,(H,18,19,20);2-3,8-9H,4-7H2,1H3,(H,17,20);2H2,1H3. The number of carbonyl (C=O) groups is 2. The molecule has 0 bridgehead atoms. The second-order valence-corrected chi connectivity index (χ2v) is 10.8. The largest absolute Gasteiger partial charge is 0.489 e. The molecule has 2 aromatic carbocycles. The second-order valence-electron chi connectivity index (χ2n) is 10.8. The van der Waals surface area contributed by atoms with Crippen LogP contribution >= 0.6 is 0 Å². The summed E-state index contributed by atoms with van der Waals surface area (Å²) in [6.07, 6.45) is 0.207. The molecule has 0 radical (unpaired) electrons. The Hall–Kier alpha value is -4.36. The van der Waals surface area contributed by atoms with Crippen LogP contribution in [0.15, 0.2) is 48.7 Å². The molecule has 1 saturated carbocycles. The molecule has 4 N–H and O–H groups in total. The van der Waals surface area contributed by atoms with Crippen molar-refractivity contribution in [1.82, 2.24) is 9.88 Å². The van der Waals surface area contributed by atoms with Crippen LogP contribution in [0.2, 0.25) is 0 Å². The predicted molar refractivity (Wildman–Crippen MR) is 160 cm³/mol. The Labute approximate surface area is 253 Å². The van der Waals surface area contributed by atoms with E-state index >= 15 is 0 Å². The van der Waals surface area contributed by atoms with Crippen molar-refractivity contribution in [3.05, 3.63) is 65.4 Å². The van der Waals surface area contributed by atoms with Crippen LogP contribution in [0.1, 0.15) is 35.4 Å². The van der Waals surface area contributed by atoms with Gasteiger partial charge in [-0.1, -0.05) is 0 Å². The number of likely N-dealkylation sites (N-methyl/N-ethyl adjacent to an activating group) is 1. The minimum atomic E-state index is -4.45. The molecule has 10 nitrogen and oxygen atoms in total. The summed E-state index contributed by atoms with van der Waals surface area (Å²) in [5.41, 5.74) is 6.31. The highest BCUT2D eigenvalue weighted by Gasteiger charge is 2.48. The van der Waals surface area contributed by atoms with E-state index in [2.05, 4.69) is 32.3 Å². The summed E-state index contributed by atoms with van der Waals surface area (Å²) < 4.78 is 51.3. The third-order valence-corrected chi connectivity index (χ3v) is 7.86. The maximum absolute atomic E-state index is 13.1. The van der Waals surface area contributed by atoms with Gasteiger partial charge in [0.05, 0.1) is 5.56 Å². The topological polar surface area (TPSA) is 122 Å². The van der Waals surface area contributed by atoms with Crippen molar-refractivity contribution in [2.24, 2.45) is 5.73 Å². The molecule has 1 aromatic heterocycles. The maximum Gasteiger partial charge on any atom is 0.418 e. The lowest BCUT2D eigenvalue weighted by atomic mass is 10.1. The fourth-order valence-electron chi connectivity index (χ4n) is 5.50. The van der Waals surface area contributed by atoms with Gasteiger partial charge in [0.25, 0.3) is 0 Å². The Kier molecular flexibility index (Phi) is 9.25. The molecule has 3 aliphatic heterocycles. The lowest BCUT2D eigenvalue weighted by Crippen LogP contribution is -2.45. The van der Waals surface area contributed by atoms with Crippen LogP contribution in [0.25, 0.3) is 0 Å². The number of rotatable bonds is 5. The summed E-state index contributed by atoms with van der Waals surface area (Å²) in [5.74, 6) is 3.71. The van der Waals surface area contributed by atoms with Crippen molar-refractivity contribution in [1.29, 1.82) is 0 Å². The normalized spacial score (nSPS) is 19.8. The molecule has 7 rings (SSSR count). The fourth-order valence-corrected chi connectivity index (χ4v) is 5.50. The Bertz CT molecular complexity index is 1510. The molecule has 4 heterocycles. The van der Waals surface area contributed by atoms with Crippen molar-refractivity contribution in [3.8, 4) is 17.2 Å². The number of nitrogens with zero attached hydrogens (tertiary/aromatic N) is 3. The molecule has 4 aliphatic rings. The van der Waals surface area contributed by atoms with Crippen molar-refractivity contribution >= 4 is 29.5 Å². The van der Waals surface area contributed by atoms with Gasteiger partial charge >= 0.3 is 6.18 Å². The number of nitrogens with two attached hydrogens (primary N) is 1. The molecule has 2 fully saturated rings. The van der Waals surface area contributed by atoms with Gasteiger partial charge < -0.3 is 35.6 Å². The number of pyridine rings is 1. The van der Waals surface area contributed by atoms with E-state index in [-0.39, 0.29) is 17.3 Å². The van der Waals surface area contributed by atoms with Crippen molar-refractivity contribution < 1.29 is 32.2 Å². The van der Waals surface area contributed by atoms with Gasteiger partial charge in [-0.15, -0.1) is 0 Å². The summed E-state index contributed by atoms with van der Waals surface area (Å²) in [4.78, 5) is 29.8. The van der Waals surface area contributed by atoms with Crippen LogP contribution in [0, 0.1) is 0 Å². The highest BCUT2D eigenvalue weighted by molar-refractivity contribution is 5.93. The summed E-state index contributed by atoms with van der Waals surface area (Å²) in [7, 11) is 3.44. The number of fused-ring (bicyclic) bond motifs is 4. The van der Waals surface area contributed by atoms with E-state index in [0.29, 0.717) is 50.2 Å². The zero-order chi connectivity index (χ0) is 31.4. The first-order valence-corrected chi connectivity index (χ1v) is 14.4. The van der Waals surface area contributed by atoms with E-state index in [0.717, 1.165) is 48.4 Å². The zero-order valence-electron chi connectivity index (χ0n) is 24.5. The maximum atomic E-state index is 13.1. The van der Waals surface area contributed by atoms with E-state index in [1.165, 1.54) is 24.7 Å². The molecule has 13 heteroatoms. The number of halogens is 3. The van der Waals surface area contributed by atoms with Gasteiger partial charge in [-0.2, -0.15) is 13.2 Å². The monoisotopic (exact) mass is 612 g/mol. The lowest BCUT2D eigenvalue weighted by molar-refractivity contribution is -0.137. The first-order chi connectivity index (χ1) is 21.2. The molecule has 2 unspecified atom stereocenters. The molecule has 0 spiro atoms. The zero-order valence-corrected chi connectivity index (χ0v) is 24.5. The number of aromatic nitrogens is 1. The van der Waals surface area contributed by atoms with E-state index < -0.39 is 11.7 Å². The number of benzene rings is 2. The molecular formula is C31H35F3N6O4. The first kappa shape index (κ1) is 31.1. The van der Waals surface area contributed by atoms with E-state index in [1.54, 1.807) is 11.1 Å². The second kappa shape index (κ2) is 13.1. The van der Waals surface area contributed by atoms with Crippen LogP contribution in [0.3, 0.4) is 0 Å². The molecular weight excluding hydrogens is 577 g/mol. The fraction of sp³-hybridized carbons (Fsp3) is 0.387. The minimum Gasteiger partial charge on any atom is -0.489 e. The Morgan fingerprint density at radius 1 is 1.09 bits per heavy atom. The van der Waals surface area contributed by atoms with Gasteiger partial charge in [-0.05, 0) is 69.4 Å². The summed E-state index contributed by atoms with van der Waals surface area (Å²) in [6, 6.07) is 11.7. The molecule has 2 amide bonds. The highest BCUT2D eigenvalue weighted by Crippen LogP contribution is 2.54. The molecule has 2 atom stereocenters. The first-order valence-electron chi connectivity index (χ1n) is 14.4. The number of ether oxygens (including phenoxy) is 2. The number of carbonyl (C=O) groups excluding carboxylic acids is 2. The van der Waals surface area contributed by atoms with Crippen LogP contribution < -0.4 is 30.7 Å². The van der Waals surface area contributed by atoms with Gasteiger partial charge in [0.2, 0.25) is 12.3 Å². The predicted octanol–water partition coefficient (Wildman–Crippen LogP) is 4.61. The quantitative estimate of drug-likeness (QED) is 0.358.